The fraction of sp³-hybridized carbons (Fsp3) is 0.190. The monoisotopic (exact) mass is 376 g/mol. The predicted molar refractivity (Wildman–Crippen MR) is 109 cm³/mol. The van der Waals surface area contributed by atoms with Crippen LogP contribution in [0.1, 0.15) is 18.1 Å². The van der Waals surface area contributed by atoms with Gasteiger partial charge in [-0.1, -0.05) is 6.07 Å². The molecule has 1 amide bonds. The van der Waals surface area contributed by atoms with Crippen molar-refractivity contribution in [2.45, 2.75) is 13.3 Å². The summed E-state index contributed by atoms with van der Waals surface area (Å²) in [6, 6.07) is 13.2. The second-order valence-corrected chi connectivity index (χ2v) is 6.59. The first-order chi connectivity index (χ1) is 13.6. The number of hydrogen-bond donors (Lipinski definition) is 2. The van der Waals surface area contributed by atoms with Crippen molar-refractivity contribution in [1.29, 1.82) is 0 Å². The van der Waals surface area contributed by atoms with Gasteiger partial charge in [-0.25, -0.2) is 0 Å². The molecule has 28 heavy (non-hydrogen) atoms. The number of nitrogens with zero attached hydrogens (tertiary/aromatic N) is 2. The first-order valence-electron chi connectivity index (χ1n) is 8.97. The third kappa shape index (κ3) is 3.22. The summed E-state index contributed by atoms with van der Waals surface area (Å²) < 4.78 is 5.17. The zero-order valence-corrected chi connectivity index (χ0v) is 15.7. The molecule has 0 aliphatic carbocycles. The Balaban J connectivity index is 1.66. The van der Waals surface area contributed by atoms with Gasteiger partial charge in [-0.05, 0) is 48.4 Å². The molecule has 1 aliphatic rings. The number of rotatable bonds is 4. The summed E-state index contributed by atoms with van der Waals surface area (Å²) in [5.74, 6) is 0.758. The molecule has 0 bridgehead atoms. The Labute approximate surface area is 161 Å². The Morgan fingerprint density at radius 2 is 1.96 bits per heavy atom. The van der Waals surface area contributed by atoms with E-state index in [0.29, 0.717) is 23.5 Å². The van der Waals surface area contributed by atoms with Crippen molar-refractivity contribution in [3.63, 3.8) is 0 Å². The van der Waals surface area contributed by atoms with Gasteiger partial charge in [-0.15, -0.1) is 0 Å². The van der Waals surface area contributed by atoms with E-state index in [2.05, 4.69) is 15.2 Å². The average Bonchev–Trinajstić information content (AvgIpc) is 3.29. The lowest BCUT2D eigenvalue weighted by Crippen LogP contribution is -2.25. The van der Waals surface area contributed by atoms with Crippen LogP contribution in [0.4, 0.5) is 11.4 Å². The van der Waals surface area contributed by atoms with E-state index in [1.165, 1.54) is 0 Å². The third-order valence-corrected chi connectivity index (χ3v) is 4.88. The number of nitrogens with one attached hydrogen (secondary N) is 2. The number of methoxy groups -OCH3 is 1. The maximum atomic E-state index is 12.2. The van der Waals surface area contributed by atoms with Crippen LogP contribution in [-0.2, 0) is 11.2 Å². The van der Waals surface area contributed by atoms with Crippen LogP contribution in [0.2, 0.25) is 0 Å². The second kappa shape index (κ2) is 7.19. The number of carbonyl (C=O) groups excluding carboxylic acids is 1. The molecular formula is C21H20N4O3. The van der Waals surface area contributed by atoms with Crippen molar-refractivity contribution in [3.05, 3.63) is 63.9 Å². The van der Waals surface area contributed by atoms with Crippen LogP contribution in [0.15, 0.2) is 52.3 Å². The fourth-order valence-electron chi connectivity index (χ4n) is 3.39. The molecular weight excluding hydrogens is 356 g/mol. The number of benzene rings is 2. The minimum Gasteiger partial charge on any atom is -0.497 e. The van der Waals surface area contributed by atoms with Crippen molar-refractivity contribution < 1.29 is 9.53 Å². The van der Waals surface area contributed by atoms with Crippen molar-refractivity contribution in [2.24, 2.45) is 4.99 Å². The van der Waals surface area contributed by atoms with Crippen LogP contribution in [0.5, 0.6) is 5.75 Å². The number of carbonyl (C=O) groups is 1. The molecule has 0 saturated carbocycles. The maximum absolute atomic E-state index is 12.2. The molecule has 2 aromatic carbocycles. The Hall–Kier alpha value is -3.61. The van der Waals surface area contributed by atoms with E-state index >= 15 is 0 Å². The van der Waals surface area contributed by atoms with Gasteiger partial charge in [0.2, 0.25) is 5.91 Å². The lowest BCUT2D eigenvalue weighted by molar-refractivity contribution is -0.116. The minimum absolute atomic E-state index is 0.0174. The van der Waals surface area contributed by atoms with Crippen molar-refractivity contribution in [2.75, 3.05) is 18.6 Å². The highest BCUT2D eigenvalue weighted by atomic mass is 16.5. The van der Waals surface area contributed by atoms with Gasteiger partial charge in [0.1, 0.15) is 5.75 Å². The first-order valence-corrected chi connectivity index (χ1v) is 8.97. The standard InChI is InChI=1S/C21H20N4O3/c1-13(26)25-10-9-14-3-6-16(11-19(14)25)22-12-18-20(23-24-21(18)27)15-4-7-17(28-2)8-5-15/h3-8,11-12H,9-10H2,1-2H3,(H2,23,24,27). The molecule has 0 atom stereocenters. The molecule has 3 aromatic rings. The summed E-state index contributed by atoms with van der Waals surface area (Å²) in [4.78, 5) is 30.2. The quantitative estimate of drug-likeness (QED) is 0.686. The van der Waals surface area contributed by atoms with Crippen molar-refractivity contribution in [3.8, 4) is 17.0 Å². The van der Waals surface area contributed by atoms with Crippen molar-refractivity contribution in [1.82, 2.24) is 10.2 Å². The van der Waals surface area contributed by atoms with Gasteiger partial charge in [0.25, 0.3) is 5.56 Å². The molecule has 7 nitrogen and oxygen atoms in total. The smallest absolute Gasteiger partial charge is 0.273 e. The van der Waals surface area contributed by atoms with Gasteiger partial charge in [-0.3, -0.25) is 24.8 Å². The van der Waals surface area contributed by atoms with E-state index in [1.54, 1.807) is 25.1 Å². The van der Waals surface area contributed by atoms with Crippen LogP contribution in [0.3, 0.4) is 0 Å². The van der Waals surface area contributed by atoms with Gasteiger partial charge in [-0.2, -0.15) is 0 Å². The fourth-order valence-corrected chi connectivity index (χ4v) is 3.39. The van der Waals surface area contributed by atoms with Gasteiger partial charge in [0, 0.05) is 30.9 Å². The summed E-state index contributed by atoms with van der Waals surface area (Å²) >= 11 is 0. The Morgan fingerprint density at radius 1 is 1.18 bits per heavy atom. The normalized spacial score (nSPS) is 13.1. The lowest BCUT2D eigenvalue weighted by atomic mass is 10.1. The maximum Gasteiger partial charge on any atom is 0.273 e. The largest absolute Gasteiger partial charge is 0.497 e. The topological polar surface area (TPSA) is 90.6 Å². The number of H-pyrrole nitrogens is 2. The molecule has 0 radical (unpaired) electrons. The molecule has 142 valence electrons. The third-order valence-electron chi connectivity index (χ3n) is 4.88. The number of aromatic amines is 2. The molecule has 4 rings (SSSR count). The predicted octanol–water partition coefficient (Wildman–Crippen LogP) is 3.04. The van der Waals surface area contributed by atoms with E-state index in [4.69, 9.17) is 4.74 Å². The van der Waals surface area contributed by atoms with Crippen molar-refractivity contribution >= 4 is 23.5 Å². The number of fused-ring (bicyclic) bond motifs is 1. The van der Waals surface area contributed by atoms with Gasteiger partial charge < -0.3 is 9.64 Å². The van der Waals surface area contributed by atoms with Gasteiger partial charge >= 0.3 is 0 Å². The van der Waals surface area contributed by atoms with E-state index in [0.717, 1.165) is 29.0 Å². The van der Waals surface area contributed by atoms with Crippen LogP contribution >= 0.6 is 0 Å². The number of aromatic nitrogens is 2. The van der Waals surface area contributed by atoms with Gasteiger partial charge in [0.15, 0.2) is 0 Å². The summed E-state index contributed by atoms with van der Waals surface area (Å²) in [7, 11) is 1.61. The average molecular weight is 376 g/mol. The number of aliphatic imine (C=N–C) groups is 1. The molecule has 0 unspecified atom stereocenters. The SMILES string of the molecule is COc1ccc(-c2[nH][nH]c(=O)c2C=Nc2ccc3c(c2)N(C(C)=O)CC3)cc1. The van der Waals surface area contributed by atoms with E-state index in [9.17, 15) is 9.59 Å². The summed E-state index contributed by atoms with van der Waals surface area (Å²) in [6.45, 7) is 2.25. The van der Waals surface area contributed by atoms with E-state index in [-0.39, 0.29) is 11.5 Å². The molecule has 7 heteroatoms. The highest BCUT2D eigenvalue weighted by Crippen LogP contribution is 2.32. The Bertz CT molecular complexity index is 1110. The van der Waals surface area contributed by atoms with E-state index in [1.807, 2.05) is 42.5 Å². The highest BCUT2D eigenvalue weighted by Gasteiger charge is 2.22. The van der Waals surface area contributed by atoms with Crippen LogP contribution in [0.25, 0.3) is 11.3 Å². The van der Waals surface area contributed by atoms with Crippen LogP contribution < -0.4 is 15.2 Å². The molecule has 0 fully saturated rings. The number of ether oxygens (including phenoxy) is 1. The van der Waals surface area contributed by atoms with E-state index < -0.39 is 0 Å². The molecule has 0 spiro atoms. The summed E-state index contributed by atoms with van der Waals surface area (Å²) in [5, 5.41) is 5.51. The second-order valence-electron chi connectivity index (χ2n) is 6.59. The lowest BCUT2D eigenvalue weighted by Gasteiger charge is -2.14. The highest BCUT2D eigenvalue weighted by molar-refractivity contribution is 5.95. The number of hydrogen-bond acceptors (Lipinski definition) is 4. The summed E-state index contributed by atoms with van der Waals surface area (Å²) in [5.41, 5.74) is 4.40. The molecule has 2 heterocycles. The van der Waals surface area contributed by atoms with Crippen LogP contribution in [0, 0.1) is 0 Å². The zero-order valence-electron chi connectivity index (χ0n) is 15.7. The molecule has 2 N–H and O–H groups in total. The zero-order chi connectivity index (χ0) is 19.7. The molecule has 1 aromatic heterocycles. The number of anilines is 1. The Morgan fingerprint density at radius 3 is 2.68 bits per heavy atom. The van der Waals surface area contributed by atoms with Crippen LogP contribution in [-0.4, -0.2) is 36.0 Å². The molecule has 0 saturated heterocycles. The Kier molecular flexibility index (Phi) is 4.57. The van der Waals surface area contributed by atoms with Gasteiger partial charge in [0.05, 0.1) is 24.1 Å². The first kappa shape index (κ1) is 17.8. The minimum atomic E-state index is -0.249. The molecule has 1 aliphatic heterocycles. The number of amides is 1. The summed E-state index contributed by atoms with van der Waals surface area (Å²) in [6.07, 6.45) is 2.39.